The second-order valence-corrected chi connectivity index (χ2v) is 2.72. The Labute approximate surface area is 68.5 Å². The number of aromatic nitrogens is 1. The van der Waals surface area contributed by atoms with Gasteiger partial charge in [-0.15, -0.1) is 0 Å². The number of unbranched alkanes of at least 4 members (excludes halogenated alkanes) is 1. The van der Waals surface area contributed by atoms with Crippen LogP contribution in [0.4, 0.5) is 0 Å². The van der Waals surface area contributed by atoms with E-state index in [1.807, 2.05) is 12.3 Å². The van der Waals surface area contributed by atoms with Gasteiger partial charge < -0.3 is 0 Å². The third-order valence-corrected chi connectivity index (χ3v) is 1.78. The Morgan fingerprint density at radius 2 is 2.36 bits per heavy atom. The predicted octanol–water partition coefficient (Wildman–Crippen LogP) is 2.55. The Morgan fingerprint density at radius 1 is 1.55 bits per heavy atom. The Kier molecular flexibility index (Phi) is 3.09. The third kappa shape index (κ3) is 2.34. The van der Waals surface area contributed by atoms with Crippen LogP contribution in [-0.2, 0) is 6.42 Å². The van der Waals surface area contributed by atoms with Crippen molar-refractivity contribution in [1.29, 1.82) is 0 Å². The van der Waals surface area contributed by atoms with Crippen molar-refractivity contribution in [3.63, 3.8) is 0 Å². The van der Waals surface area contributed by atoms with E-state index < -0.39 is 0 Å². The molecule has 0 fully saturated rings. The average molecular weight is 148 g/mol. The van der Waals surface area contributed by atoms with Crippen molar-refractivity contribution in [2.45, 2.75) is 26.2 Å². The van der Waals surface area contributed by atoms with E-state index in [2.05, 4.69) is 24.9 Å². The van der Waals surface area contributed by atoms with Crippen molar-refractivity contribution >= 4 is 0 Å². The lowest BCUT2D eigenvalue weighted by atomic mass is 10.1. The van der Waals surface area contributed by atoms with E-state index in [4.69, 9.17) is 0 Å². The minimum absolute atomic E-state index is 0.996. The summed E-state index contributed by atoms with van der Waals surface area (Å²) in [5.41, 5.74) is 2.51. The quantitative estimate of drug-likeness (QED) is 0.642. The van der Waals surface area contributed by atoms with Crippen LogP contribution in [0.15, 0.2) is 18.3 Å². The zero-order valence-electron chi connectivity index (χ0n) is 7.01. The summed E-state index contributed by atoms with van der Waals surface area (Å²) in [5.74, 6) is 0. The fourth-order valence-corrected chi connectivity index (χ4v) is 1.07. The van der Waals surface area contributed by atoms with E-state index in [1.165, 1.54) is 11.3 Å². The molecule has 0 bridgehead atoms. The summed E-state index contributed by atoms with van der Waals surface area (Å²) >= 11 is 0. The van der Waals surface area contributed by atoms with E-state index in [9.17, 15) is 0 Å². The standard InChI is InChI=1S/C10H14N/c1-3-4-7-10-9(2)6-5-8-11-10/h5-6,8H,1,3-4,7H2,2H3. The zero-order valence-corrected chi connectivity index (χ0v) is 7.01. The molecule has 0 atom stereocenters. The van der Waals surface area contributed by atoms with Crippen LogP contribution in [0.1, 0.15) is 24.1 Å². The van der Waals surface area contributed by atoms with Crippen molar-refractivity contribution in [3.8, 4) is 0 Å². The van der Waals surface area contributed by atoms with Crippen LogP contribution in [0.3, 0.4) is 0 Å². The molecule has 1 aromatic heterocycles. The van der Waals surface area contributed by atoms with Crippen molar-refractivity contribution in [1.82, 2.24) is 4.98 Å². The summed E-state index contributed by atoms with van der Waals surface area (Å²) in [4.78, 5) is 4.29. The molecule has 0 saturated carbocycles. The predicted molar refractivity (Wildman–Crippen MR) is 47.3 cm³/mol. The minimum atomic E-state index is 0.996. The van der Waals surface area contributed by atoms with Crippen LogP contribution in [-0.4, -0.2) is 4.98 Å². The number of hydrogen-bond donors (Lipinski definition) is 0. The summed E-state index contributed by atoms with van der Waals surface area (Å²) in [6.45, 7) is 5.91. The molecular weight excluding hydrogens is 134 g/mol. The zero-order chi connectivity index (χ0) is 8.10. The number of aryl methyl sites for hydroxylation is 2. The van der Waals surface area contributed by atoms with Gasteiger partial charge in [-0.05, 0) is 31.4 Å². The van der Waals surface area contributed by atoms with Gasteiger partial charge >= 0.3 is 0 Å². The van der Waals surface area contributed by atoms with Gasteiger partial charge in [-0.3, -0.25) is 4.98 Å². The summed E-state index contributed by atoms with van der Waals surface area (Å²) in [6.07, 6.45) is 5.05. The lowest BCUT2D eigenvalue weighted by Gasteiger charge is -2.01. The third-order valence-electron chi connectivity index (χ3n) is 1.78. The molecule has 0 spiro atoms. The fourth-order valence-electron chi connectivity index (χ4n) is 1.07. The molecule has 1 nitrogen and oxygen atoms in total. The molecule has 1 rings (SSSR count). The highest BCUT2D eigenvalue weighted by Gasteiger charge is 1.95. The Hall–Kier alpha value is -0.850. The van der Waals surface area contributed by atoms with Gasteiger partial charge in [0.05, 0.1) is 0 Å². The maximum absolute atomic E-state index is 4.29. The van der Waals surface area contributed by atoms with E-state index >= 15 is 0 Å². The van der Waals surface area contributed by atoms with Crippen molar-refractivity contribution in [2.75, 3.05) is 0 Å². The summed E-state index contributed by atoms with van der Waals surface area (Å²) < 4.78 is 0. The number of nitrogens with zero attached hydrogens (tertiary/aromatic N) is 1. The highest BCUT2D eigenvalue weighted by molar-refractivity contribution is 5.17. The van der Waals surface area contributed by atoms with E-state index in [-0.39, 0.29) is 0 Å². The van der Waals surface area contributed by atoms with Crippen LogP contribution in [0.2, 0.25) is 0 Å². The molecule has 0 amide bonds. The molecule has 11 heavy (non-hydrogen) atoms. The highest BCUT2D eigenvalue weighted by Crippen LogP contribution is 2.06. The van der Waals surface area contributed by atoms with Crippen molar-refractivity contribution in [2.24, 2.45) is 0 Å². The maximum atomic E-state index is 4.29. The first-order valence-electron chi connectivity index (χ1n) is 4.04. The van der Waals surface area contributed by atoms with Gasteiger partial charge in [0.2, 0.25) is 0 Å². The lowest BCUT2D eigenvalue weighted by molar-refractivity contribution is 0.809. The average Bonchev–Trinajstić information content (AvgIpc) is 2.03. The minimum Gasteiger partial charge on any atom is -0.261 e. The second kappa shape index (κ2) is 4.12. The van der Waals surface area contributed by atoms with Crippen LogP contribution in [0.5, 0.6) is 0 Å². The van der Waals surface area contributed by atoms with Gasteiger partial charge in [0.1, 0.15) is 0 Å². The normalized spacial score (nSPS) is 10.0. The van der Waals surface area contributed by atoms with Crippen LogP contribution >= 0.6 is 0 Å². The second-order valence-electron chi connectivity index (χ2n) is 2.72. The molecule has 0 aliphatic rings. The molecular formula is C10H14N. The number of rotatable bonds is 3. The highest BCUT2D eigenvalue weighted by atomic mass is 14.7. The Morgan fingerprint density at radius 3 is 3.00 bits per heavy atom. The fraction of sp³-hybridized carbons (Fsp3) is 0.400. The van der Waals surface area contributed by atoms with Crippen molar-refractivity contribution in [3.05, 3.63) is 36.5 Å². The largest absolute Gasteiger partial charge is 0.261 e. The van der Waals surface area contributed by atoms with E-state index in [1.54, 1.807) is 0 Å². The molecule has 0 aromatic carbocycles. The van der Waals surface area contributed by atoms with Gasteiger partial charge in [0, 0.05) is 11.9 Å². The molecule has 1 heteroatoms. The SMILES string of the molecule is [CH2]CCCc1ncccc1C. The maximum Gasteiger partial charge on any atom is 0.0432 e. The summed E-state index contributed by atoms with van der Waals surface area (Å²) in [5, 5.41) is 0. The first-order valence-corrected chi connectivity index (χ1v) is 4.04. The Balaban J connectivity index is 2.62. The molecule has 59 valence electrons. The Bertz CT molecular complexity index is 218. The van der Waals surface area contributed by atoms with Crippen molar-refractivity contribution < 1.29 is 0 Å². The first kappa shape index (κ1) is 8.25. The molecule has 1 aromatic rings. The molecule has 0 N–H and O–H groups in total. The van der Waals surface area contributed by atoms with Crippen LogP contribution < -0.4 is 0 Å². The van der Waals surface area contributed by atoms with E-state index in [0.717, 1.165) is 19.3 Å². The first-order chi connectivity index (χ1) is 5.34. The molecule has 0 unspecified atom stereocenters. The van der Waals surface area contributed by atoms with Crippen LogP contribution in [0.25, 0.3) is 0 Å². The van der Waals surface area contributed by atoms with Gasteiger partial charge in [-0.1, -0.05) is 19.4 Å². The molecule has 1 heterocycles. The number of hydrogen-bond acceptors (Lipinski definition) is 1. The van der Waals surface area contributed by atoms with Gasteiger partial charge in [0.25, 0.3) is 0 Å². The molecule has 0 aliphatic carbocycles. The van der Waals surface area contributed by atoms with E-state index in [0.29, 0.717) is 0 Å². The van der Waals surface area contributed by atoms with Crippen LogP contribution in [0, 0.1) is 13.8 Å². The number of pyridine rings is 1. The topological polar surface area (TPSA) is 12.9 Å². The summed E-state index contributed by atoms with van der Waals surface area (Å²) in [7, 11) is 0. The molecule has 0 saturated heterocycles. The lowest BCUT2D eigenvalue weighted by Crippen LogP contribution is -1.92. The van der Waals surface area contributed by atoms with Gasteiger partial charge in [-0.25, -0.2) is 0 Å². The smallest absolute Gasteiger partial charge is 0.0432 e. The van der Waals surface area contributed by atoms with Gasteiger partial charge in [0.15, 0.2) is 0 Å². The monoisotopic (exact) mass is 148 g/mol. The molecule has 1 radical (unpaired) electrons. The summed E-state index contributed by atoms with van der Waals surface area (Å²) in [6, 6.07) is 4.08. The molecule has 0 aliphatic heterocycles. The van der Waals surface area contributed by atoms with Gasteiger partial charge in [-0.2, -0.15) is 0 Å².